The van der Waals surface area contributed by atoms with Crippen molar-refractivity contribution in [2.45, 2.75) is 32.2 Å². The molecule has 0 aromatic carbocycles. The molecular weight excluding hydrogens is 469 g/mol. The Balaban J connectivity index is 0.00000392. The first-order valence-corrected chi connectivity index (χ1v) is 10.1. The smallest absolute Gasteiger partial charge is 0.191 e. The Morgan fingerprint density at radius 3 is 2.64 bits per heavy atom. The third kappa shape index (κ3) is 8.67. The molecule has 1 saturated heterocycles. The number of halogens is 1. The Kier molecular flexibility index (Phi) is 12.8. The predicted molar refractivity (Wildman–Crippen MR) is 126 cm³/mol. The van der Waals surface area contributed by atoms with Gasteiger partial charge in [-0.3, -0.25) is 9.89 Å². The minimum atomic E-state index is 0. The number of ether oxygens (including phenoxy) is 1. The standard InChI is InChI=1S/C20H37N5O2.HI/c1-17-8-9-19(27-17)18(25-12-5-6-13-25)16-23-20(21-2)22-10-14-24(3)11-7-15-26-4;/h8-9,18H,5-7,10-16H2,1-4H3,(H2,21,22,23);1H. The van der Waals surface area contributed by atoms with Crippen molar-refractivity contribution < 1.29 is 9.15 Å². The summed E-state index contributed by atoms with van der Waals surface area (Å²) >= 11 is 0. The molecule has 1 fully saturated rings. The SMILES string of the molecule is CN=C(NCCN(C)CCCOC)NCC(c1ccc(C)o1)N1CCCC1.I. The van der Waals surface area contributed by atoms with Crippen LogP contribution in [0.2, 0.25) is 0 Å². The first kappa shape index (κ1) is 25.2. The molecule has 2 heterocycles. The zero-order valence-electron chi connectivity index (χ0n) is 17.9. The maximum Gasteiger partial charge on any atom is 0.191 e. The Labute approximate surface area is 187 Å². The van der Waals surface area contributed by atoms with Crippen LogP contribution < -0.4 is 10.6 Å². The van der Waals surface area contributed by atoms with Crippen LogP contribution in [-0.4, -0.2) is 82.8 Å². The second-order valence-corrected chi connectivity index (χ2v) is 7.24. The molecule has 0 amide bonds. The molecular formula is C20H38IN5O2. The number of likely N-dealkylation sites (N-methyl/N-ethyl adjacent to an activating group) is 1. The fourth-order valence-corrected chi connectivity index (χ4v) is 3.47. The van der Waals surface area contributed by atoms with Gasteiger partial charge in [0.15, 0.2) is 5.96 Å². The molecule has 0 spiro atoms. The molecule has 162 valence electrons. The minimum Gasteiger partial charge on any atom is -0.465 e. The monoisotopic (exact) mass is 507 g/mol. The van der Waals surface area contributed by atoms with Crippen molar-refractivity contribution in [3.8, 4) is 0 Å². The number of guanidine groups is 1. The van der Waals surface area contributed by atoms with Crippen molar-refractivity contribution in [3.63, 3.8) is 0 Å². The van der Waals surface area contributed by atoms with Crippen LogP contribution >= 0.6 is 24.0 Å². The van der Waals surface area contributed by atoms with Crippen LogP contribution in [0.25, 0.3) is 0 Å². The van der Waals surface area contributed by atoms with Crippen molar-refractivity contribution in [1.29, 1.82) is 0 Å². The van der Waals surface area contributed by atoms with Crippen LogP contribution in [-0.2, 0) is 4.74 Å². The molecule has 28 heavy (non-hydrogen) atoms. The van der Waals surface area contributed by atoms with E-state index in [9.17, 15) is 0 Å². The summed E-state index contributed by atoms with van der Waals surface area (Å²) in [7, 11) is 5.70. The molecule has 1 aliphatic rings. The van der Waals surface area contributed by atoms with Gasteiger partial charge in [0, 0.05) is 46.9 Å². The van der Waals surface area contributed by atoms with E-state index in [1.54, 1.807) is 7.11 Å². The van der Waals surface area contributed by atoms with E-state index in [2.05, 4.69) is 38.5 Å². The summed E-state index contributed by atoms with van der Waals surface area (Å²) in [5, 5.41) is 6.89. The van der Waals surface area contributed by atoms with E-state index in [1.807, 2.05) is 20.0 Å². The number of aliphatic imine (C=N–C) groups is 1. The molecule has 7 nitrogen and oxygen atoms in total. The molecule has 1 unspecified atom stereocenters. The van der Waals surface area contributed by atoms with Gasteiger partial charge in [-0.15, -0.1) is 24.0 Å². The third-order valence-electron chi connectivity index (χ3n) is 5.03. The Morgan fingerprint density at radius 1 is 1.29 bits per heavy atom. The zero-order chi connectivity index (χ0) is 19.5. The van der Waals surface area contributed by atoms with Crippen LogP contribution in [0.4, 0.5) is 0 Å². The predicted octanol–water partition coefficient (Wildman–Crippen LogP) is 2.48. The van der Waals surface area contributed by atoms with E-state index in [0.717, 1.165) is 69.8 Å². The molecule has 0 bridgehead atoms. The molecule has 1 aromatic heterocycles. The molecule has 1 atom stereocenters. The number of nitrogens with one attached hydrogen (secondary N) is 2. The number of likely N-dealkylation sites (tertiary alicyclic amines) is 1. The van der Waals surface area contributed by atoms with E-state index in [1.165, 1.54) is 12.8 Å². The summed E-state index contributed by atoms with van der Waals surface area (Å²) < 4.78 is 11.0. The second-order valence-electron chi connectivity index (χ2n) is 7.24. The lowest BCUT2D eigenvalue weighted by Gasteiger charge is -2.27. The fraction of sp³-hybridized carbons (Fsp3) is 0.750. The summed E-state index contributed by atoms with van der Waals surface area (Å²) in [5.74, 6) is 2.84. The van der Waals surface area contributed by atoms with Crippen molar-refractivity contribution in [3.05, 3.63) is 23.7 Å². The van der Waals surface area contributed by atoms with E-state index >= 15 is 0 Å². The lowest BCUT2D eigenvalue weighted by molar-refractivity contribution is 0.180. The number of hydrogen-bond donors (Lipinski definition) is 2. The highest BCUT2D eigenvalue weighted by atomic mass is 127. The third-order valence-corrected chi connectivity index (χ3v) is 5.03. The molecule has 0 saturated carbocycles. The van der Waals surface area contributed by atoms with E-state index in [0.29, 0.717) is 0 Å². The lowest BCUT2D eigenvalue weighted by atomic mass is 10.2. The molecule has 2 N–H and O–H groups in total. The summed E-state index contributed by atoms with van der Waals surface area (Å²) in [6.45, 7) is 8.73. The van der Waals surface area contributed by atoms with Gasteiger partial charge in [0.25, 0.3) is 0 Å². The molecule has 0 radical (unpaired) electrons. The largest absolute Gasteiger partial charge is 0.465 e. The number of nitrogens with zero attached hydrogens (tertiary/aromatic N) is 3. The maximum absolute atomic E-state index is 5.92. The Morgan fingerprint density at radius 2 is 2.04 bits per heavy atom. The lowest BCUT2D eigenvalue weighted by Crippen LogP contribution is -2.44. The van der Waals surface area contributed by atoms with Crippen molar-refractivity contribution in [2.75, 3.05) is 67.1 Å². The first-order valence-electron chi connectivity index (χ1n) is 10.1. The van der Waals surface area contributed by atoms with Gasteiger partial charge in [0.1, 0.15) is 11.5 Å². The van der Waals surface area contributed by atoms with Crippen LogP contribution in [0.15, 0.2) is 21.5 Å². The highest BCUT2D eigenvalue weighted by Crippen LogP contribution is 2.26. The van der Waals surface area contributed by atoms with Crippen molar-refractivity contribution >= 4 is 29.9 Å². The van der Waals surface area contributed by atoms with E-state index < -0.39 is 0 Å². The van der Waals surface area contributed by atoms with Gasteiger partial charge >= 0.3 is 0 Å². The van der Waals surface area contributed by atoms with Crippen LogP contribution in [0.1, 0.15) is 36.8 Å². The highest BCUT2D eigenvalue weighted by molar-refractivity contribution is 14.0. The molecule has 2 rings (SSSR count). The summed E-state index contributed by atoms with van der Waals surface area (Å²) in [6.07, 6.45) is 3.58. The maximum atomic E-state index is 5.92. The molecule has 0 aliphatic carbocycles. The van der Waals surface area contributed by atoms with Gasteiger partial charge in [0.2, 0.25) is 0 Å². The van der Waals surface area contributed by atoms with Gasteiger partial charge in [-0.25, -0.2) is 0 Å². The van der Waals surface area contributed by atoms with Gasteiger partial charge in [-0.2, -0.15) is 0 Å². The Hall–Kier alpha value is -0.840. The summed E-state index contributed by atoms with van der Waals surface area (Å²) in [6, 6.07) is 4.40. The van der Waals surface area contributed by atoms with Crippen molar-refractivity contribution in [2.24, 2.45) is 4.99 Å². The normalized spacial score (nSPS) is 16.2. The number of furan rings is 1. The van der Waals surface area contributed by atoms with Gasteiger partial charge < -0.3 is 24.7 Å². The average molecular weight is 507 g/mol. The number of methoxy groups -OCH3 is 1. The van der Waals surface area contributed by atoms with Crippen LogP contribution in [0.5, 0.6) is 0 Å². The summed E-state index contributed by atoms with van der Waals surface area (Å²) in [5.41, 5.74) is 0. The van der Waals surface area contributed by atoms with E-state index in [4.69, 9.17) is 9.15 Å². The number of aryl methyl sites for hydroxylation is 1. The average Bonchev–Trinajstić information content (AvgIpc) is 3.33. The minimum absolute atomic E-state index is 0. The second kappa shape index (κ2) is 14.2. The molecule has 1 aliphatic heterocycles. The van der Waals surface area contributed by atoms with Crippen LogP contribution in [0, 0.1) is 6.92 Å². The number of rotatable bonds is 11. The van der Waals surface area contributed by atoms with Gasteiger partial charge in [0.05, 0.1) is 6.04 Å². The first-order chi connectivity index (χ1) is 13.1. The van der Waals surface area contributed by atoms with Gasteiger partial charge in [-0.05, 0) is 58.5 Å². The van der Waals surface area contributed by atoms with Crippen LogP contribution in [0.3, 0.4) is 0 Å². The molecule has 8 heteroatoms. The number of hydrogen-bond acceptors (Lipinski definition) is 5. The topological polar surface area (TPSA) is 65.3 Å². The molecule has 1 aromatic rings. The summed E-state index contributed by atoms with van der Waals surface area (Å²) in [4.78, 5) is 9.17. The quantitative estimate of drug-likeness (QED) is 0.208. The van der Waals surface area contributed by atoms with E-state index in [-0.39, 0.29) is 30.0 Å². The zero-order valence-corrected chi connectivity index (χ0v) is 20.2. The van der Waals surface area contributed by atoms with Crippen molar-refractivity contribution in [1.82, 2.24) is 20.4 Å². The van der Waals surface area contributed by atoms with Gasteiger partial charge in [-0.1, -0.05) is 0 Å². The fourth-order valence-electron chi connectivity index (χ4n) is 3.47. The highest BCUT2D eigenvalue weighted by Gasteiger charge is 2.26. The Bertz CT molecular complexity index is 561.